The summed E-state index contributed by atoms with van der Waals surface area (Å²) in [7, 11) is -3.96. The minimum atomic E-state index is -3.96. The fraction of sp³-hybridized carbons (Fsp3) is 0.350. The van der Waals surface area contributed by atoms with E-state index in [4.69, 9.17) is 11.6 Å². The zero-order valence-corrected chi connectivity index (χ0v) is 17.6. The topological polar surface area (TPSA) is 95.5 Å². The van der Waals surface area contributed by atoms with Gasteiger partial charge in [-0.15, -0.1) is 0 Å². The number of sulfonamides is 1. The van der Waals surface area contributed by atoms with Gasteiger partial charge in [-0.3, -0.25) is 4.79 Å². The Morgan fingerprint density at radius 1 is 1.07 bits per heavy atom. The minimum Gasteiger partial charge on any atom is -0.394 e. The van der Waals surface area contributed by atoms with Gasteiger partial charge in [0, 0.05) is 11.6 Å². The average molecular weight is 425 g/mol. The predicted octanol–water partition coefficient (Wildman–Crippen LogP) is 2.59. The van der Waals surface area contributed by atoms with Crippen LogP contribution in [0.15, 0.2) is 53.4 Å². The number of amides is 1. The Balaban J connectivity index is 2.05. The van der Waals surface area contributed by atoms with Crippen molar-refractivity contribution in [2.75, 3.05) is 6.61 Å². The molecule has 0 fully saturated rings. The minimum absolute atomic E-state index is 0.0319. The summed E-state index contributed by atoms with van der Waals surface area (Å²) in [4.78, 5) is 12.3. The molecule has 3 N–H and O–H groups in total. The second-order valence-electron chi connectivity index (χ2n) is 7.48. The zero-order chi connectivity index (χ0) is 20.9. The number of nitrogens with one attached hydrogen (secondary N) is 2. The molecule has 0 aromatic heterocycles. The van der Waals surface area contributed by atoms with E-state index >= 15 is 0 Å². The van der Waals surface area contributed by atoms with E-state index in [0.717, 1.165) is 11.1 Å². The van der Waals surface area contributed by atoms with Crippen LogP contribution in [0.5, 0.6) is 0 Å². The molecule has 28 heavy (non-hydrogen) atoms. The fourth-order valence-corrected chi connectivity index (χ4v) is 3.79. The first-order valence-electron chi connectivity index (χ1n) is 8.79. The third-order valence-electron chi connectivity index (χ3n) is 4.21. The average Bonchev–Trinajstić information content (AvgIpc) is 2.65. The maximum atomic E-state index is 12.6. The quantitative estimate of drug-likeness (QED) is 0.636. The van der Waals surface area contributed by atoms with Crippen molar-refractivity contribution < 1.29 is 18.3 Å². The molecule has 0 bridgehead atoms. The number of carbonyl (C=O) groups is 1. The maximum absolute atomic E-state index is 12.6. The number of hydrogen-bond donors (Lipinski definition) is 3. The van der Waals surface area contributed by atoms with E-state index in [2.05, 4.69) is 10.0 Å². The van der Waals surface area contributed by atoms with Crippen molar-refractivity contribution in [3.63, 3.8) is 0 Å². The van der Waals surface area contributed by atoms with Crippen LogP contribution in [-0.2, 0) is 26.8 Å². The SMILES string of the molecule is CC(C)(C)c1ccc(S(=O)(=O)NC(CO)C(=O)NCc2ccc(Cl)cc2)cc1. The summed E-state index contributed by atoms with van der Waals surface area (Å²) >= 11 is 5.82. The molecule has 0 radical (unpaired) electrons. The lowest BCUT2D eigenvalue weighted by Crippen LogP contribution is -2.48. The Morgan fingerprint density at radius 2 is 1.64 bits per heavy atom. The Hall–Kier alpha value is -1.93. The molecule has 2 rings (SSSR count). The first kappa shape index (κ1) is 22.4. The van der Waals surface area contributed by atoms with Crippen LogP contribution in [-0.4, -0.2) is 32.1 Å². The van der Waals surface area contributed by atoms with Crippen LogP contribution in [0.25, 0.3) is 0 Å². The third-order valence-corrected chi connectivity index (χ3v) is 5.95. The number of aliphatic hydroxyl groups is 1. The highest BCUT2D eigenvalue weighted by molar-refractivity contribution is 7.89. The lowest BCUT2D eigenvalue weighted by molar-refractivity contribution is -0.123. The lowest BCUT2D eigenvalue weighted by atomic mass is 9.87. The standard InChI is InChI=1S/C20H25ClN2O4S/c1-20(2,3)15-6-10-17(11-7-15)28(26,27)23-18(13-24)19(25)22-12-14-4-8-16(21)9-5-14/h4-11,18,23-24H,12-13H2,1-3H3,(H,22,25). The molecule has 0 saturated heterocycles. The van der Waals surface area contributed by atoms with Crippen LogP contribution in [0.3, 0.4) is 0 Å². The molecule has 0 saturated carbocycles. The second-order valence-corrected chi connectivity index (χ2v) is 9.63. The summed E-state index contributed by atoms with van der Waals surface area (Å²) in [5.74, 6) is -0.618. The smallest absolute Gasteiger partial charge is 0.241 e. The van der Waals surface area contributed by atoms with Crippen LogP contribution in [0.4, 0.5) is 0 Å². The molecular weight excluding hydrogens is 400 g/mol. The first-order chi connectivity index (χ1) is 13.0. The van der Waals surface area contributed by atoms with E-state index in [9.17, 15) is 18.3 Å². The molecule has 2 aromatic carbocycles. The third kappa shape index (κ3) is 6.04. The Bertz CT molecular complexity index is 905. The van der Waals surface area contributed by atoms with Crippen molar-refractivity contribution in [2.45, 2.75) is 43.7 Å². The van der Waals surface area contributed by atoms with Crippen LogP contribution < -0.4 is 10.0 Å². The summed E-state index contributed by atoms with van der Waals surface area (Å²) in [6.07, 6.45) is 0. The van der Waals surface area contributed by atoms with Gasteiger partial charge in [0.05, 0.1) is 11.5 Å². The Labute approximate surface area is 171 Å². The number of benzene rings is 2. The largest absolute Gasteiger partial charge is 0.394 e. The molecule has 1 atom stereocenters. The van der Waals surface area contributed by atoms with Gasteiger partial charge in [-0.2, -0.15) is 4.72 Å². The Morgan fingerprint density at radius 3 is 2.14 bits per heavy atom. The molecule has 8 heteroatoms. The van der Waals surface area contributed by atoms with Gasteiger partial charge in [-0.05, 0) is 40.8 Å². The number of aliphatic hydroxyl groups excluding tert-OH is 1. The lowest BCUT2D eigenvalue weighted by Gasteiger charge is -2.20. The van der Waals surface area contributed by atoms with Crippen LogP contribution in [0.2, 0.25) is 5.02 Å². The summed E-state index contributed by atoms with van der Waals surface area (Å²) in [5.41, 5.74) is 1.69. The highest BCUT2D eigenvalue weighted by Gasteiger charge is 2.25. The van der Waals surface area contributed by atoms with Gasteiger partial charge in [0.2, 0.25) is 15.9 Å². The summed E-state index contributed by atoms with van der Waals surface area (Å²) in [6, 6.07) is 12.0. The van der Waals surface area contributed by atoms with Crippen molar-refractivity contribution in [1.82, 2.24) is 10.0 Å². The van der Waals surface area contributed by atoms with Gasteiger partial charge in [-0.1, -0.05) is 56.6 Å². The number of hydrogen-bond acceptors (Lipinski definition) is 4. The van der Waals surface area contributed by atoms with Crippen LogP contribution in [0, 0.1) is 0 Å². The first-order valence-corrected chi connectivity index (χ1v) is 10.6. The molecule has 0 spiro atoms. The van der Waals surface area contributed by atoms with E-state index in [-0.39, 0.29) is 16.9 Å². The summed E-state index contributed by atoms with van der Waals surface area (Å²) < 4.78 is 27.4. The zero-order valence-electron chi connectivity index (χ0n) is 16.1. The van der Waals surface area contributed by atoms with Crippen molar-refractivity contribution in [3.8, 4) is 0 Å². The molecule has 2 aromatic rings. The van der Waals surface area contributed by atoms with E-state index in [1.807, 2.05) is 20.8 Å². The van der Waals surface area contributed by atoms with Gasteiger partial charge < -0.3 is 10.4 Å². The molecule has 0 aliphatic heterocycles. The number of rotatable bonds is 7. The summed E-state index contributed by atoms with van der Waals surface area (Å²) in [6.45, 7) is 5.62. The molecule has 0 aliphatic carbocycles. The van der Waals surface area contributed by atoms with E-state index in [1.54, 1.807) is 36.4 Å². The fourth-order valence-electron chi connectivity index (χ4n) is 2.48. The second kappa shape index (κ2) is 9.05. The van der Waals surface area contributed by atoms with Crippen molar-refractivity contribution >= 4 is 27.5 Å². The highest BCUT2D eigenvalue weighted by atomic mass is 35.5. The number of halogens is 1. The predicted molar refractivity (Wildman–Crippen MR) is 110 cm³/mol. The molecule has 1 amide bonds. The van der Waals surface area contributed by atoms with Gasteiger partial charge in [-0.25, -0.2) is 8.42 Å². The molecule has 1 unspecified atom stereocenters. The van der Waals surface area contributed by atoms with Crippen LogP contribution in [0.1, 0.15) is 31.9 Å². The Kier molecular flexibility index (Phi) is 7.22. The maximum Gasteiger partial charge on any atom is 0.241 e. The highest BCUT2D eigenvalue weighted by Crippen LogP contribution is 2.23. The normalized spacial score (nSPS) is 13.2. The van der Waals surface area contributed by atoms with E-state index < -0.39 is 28.6 Å². The van der Waals surface area contributed by atoms with E-state index in [1.165, 1.54) is 12.1 Å². The molecule has 0 heterocycles. The van der Waals surface area contributed by atoms with Gasteiger partial charge >= 0.3 is 0 Å². The van der Waals surface area contributed by atoms with Crippen molar-refractivity contribution in [1.29, 1.82) is 0 Å². The monoisotopic (exact) mass is 424 g/mol. The van der Waals surface area contributed by atoms with Gasteiger partial charge in [0.1, 0.15) is 6.04 Å². The van der Waals surface area contributed by atoms with Crippen LogP contribution >= 0.6 is 11.6 Å². The van der Waals surface area contributed by atoms with E-state index in [0.29, 0.717) is 5.02 Å². The van der Waals surface area contributed by atoms with Crippen molar-refractivity contribution in [2.24, 2.45) is 0 Å². The molecular formula is C20H25ClN2O4S. The van der Waals surface area contributed by atoms with Gasteiger partial charge in [0.25, 0.3) is 0 Å². The molecule has 152 valence electrons. The molecule has 0 aliphatic rings. The van der Waals surface area contributed by atoms with Gasteiger partial charge in [0.15, 0.2) is 0 Å². The number of carbonyl (C=O) groups excluding carboxylic acids is 1. The molecule has 6 nitrogen and oxygen atoms in total. The summed E-state index contributed by atoms with van der Waals surface area (Å²) in [5, 5.41) is 12.7. The van der Waals surface area contributed by atoms with Crippen molar-refractivity contribution in [3.05, 3.63) is 64.7 Å².